The molecule has 2 aromatic carbocycles. The van der Waals surface area contributed by atoms with Gasteiger partial charge in [0, 0.05) is 71.5 Å². The molecule has 6 nitrogen and oxygen atoms in total. The maximum absolute atomic E-state index is 15.0. The minimum atomic E-state index is -4.84. The predicted molar refractivity (Wildman–Crippen MR) is 134 cm³/mol. The summed E-state index contributed by atoms with van der Waals surface area (Å²) in [5.41, 5.74) is -2.06. The molecule has 0 aliphatic carbocycles. The van der Waals surface area contributed by atoms with E-state index in [4.69, 9.17) is 0 Å². The summed E-state index contributed by atoms with van der Waals surface area (Å²) in [6, 6.07) is 3.40. The molecule has 1 aromatic heterocycles. The first-order valence-corrected chi connectivity index (χ1v) is 12.8. The number of nitrogens with one attached hydrogen (secondary N) is 1. The molecule has 1 saturated heterocycles. The Labute approximate surface area is 214 Å². The second-order valence-electron chi connectivity index (χ2n) is 9.72. The van der Waals surface area contributed by atoms with E-state index in [9.17, 15) is 22.4 Å². The van der Waals surface area contributed by atoms with E-state index in [1.807, 2.05) is 30.8 Å². The van der Waals surface area contributed by atoms with Crippen LogP contribution in [-0.4, -0.2) is 66.0 Å². The van der Waals surface area contributed by atoms with Crippen LogP contribution < -0.4 is 15.9 Å². The van der Waals surface area contributed by atoms with Crippen molar-refractivity contribution in [2.24, 2.45) is 0 Å². The third-order valence-electron chi connectivity index (χ3n) is 6.72. The van der Waals surface area contributed by atoms with E-state index in [0.717, 1.165) is 18.2 Å². The Kier molecular flexibility index (Phi) is 6.70. The molecule has 0 radical (unpaired) electrons. The molecule has 2 aliphatic rings. The summed E-state index contributed by atoms with van der Waals surface area (Å²) in [5, 5.41) is 3.13. The number of aromatic nitrogens is 2. The van der Waals surface area contributed by atoms with Gasteiger partial charge < -0.3 is 15.1 Å². The van der Waals surface area contributed by atoms with Crippen molar-refractivity contribution in [1.82, 2.24) is 19.8 Å². The van der Waals surface area contributed by atoms with Gasteiger partial charge in [-0.05, 0) is 39.2 Å². The molecule has 3 aromatic rings. The van der Waals surface area contributed by atoms with Crippen LogP contribution in [0.5, 0.6) is 0 Å². The Hall–Kier alpha value is -2.70. The molecule has 2 aliphatic heterocycles. The zero-order valence-electron chi connectivity index (χ0n) is 20.5. The average molecular weight is 540 g/mol. The van der Waals surface area contributed by atoms with Gasteiger partial charge in [-0.25, -0.2) is 13.6 Å². The fourth-order valence-corrected chi connectivity index (χ4v) is 6.74. The van der Waals surface area contributed by atoms with Crippen molar-refractivity contribution in [3.05, 3.63) is 51.9 Å². The summed E-state index contributed by atoms with van der Waals surface area (Å²) in [6.45, 7) is 4.27. The lowest BCUT2D eigenvalue weighted by molar-refractivity contribution is -0.137. The molecule has 0 spiro atoms. The highest BCUT2D eigenvalue weighted by atomic mass is 32.2. The van der Waals surface area contributed by atoms with Gasteiger partial charge in [0.05, 0.1) is 11.1 Å². The Bertz CT molecular complexity index is 1420. The van der Waals surface area contributed by atoms with Crippen molar-refractivity contribution in [1.29, 1.82) is 0 Å². The lowest BCUT2D eigenvalue weighted by Gasteiger charge is -2.37. The van der Waals surface area contributed by atoms with Gasteiger partial charge in [-0.3, -0.25) is 4.57 Å². The van der Waals surface area contributed by atoms with Gasteiger partial charge in [0.2, 0.25) is 0 Å². The van der Waals surface area contributed by atoms with E-state index in [1.165, 1.54) is 16.3 Å². The highest BCUT2D eigenvalue weighted by Crippen LogP contribution is 2.50. The van der Waals surface area contributed by atoms with E-state index >= 15 is 4.39 Å². The minimum absolute atomic E-state index is 0.108. The second-order valence-corrected chi connectivity index (χ2v) is 11.0. The summed E-state index contributed by atoms with van der Waals surface area (Å²) in [7, 11) is 3.66. The van der Waals surface area contributed by atoms with Crippen LogP contribution in [-0.2, 0) is 12.7 Å². The van der Waals surface area contributed by atoms with E-state index < -0.39 is 29.1 Å². The lowest BCUT2D eigenvalue weighted by atomic mass is 9.95. The monoisotopic (exact) mass is 539 g/mol. The zero-order chi connectivity index (χ0) is 26.6. The van der Waals surface area contributed by atoms with Gasteiger partial charge in [-0.2, -0.15) is 18.2 Å². The molecule has 0 bridgehead atoms. The summed E-state index contributed by atoms with van der Waals surface area (Å²) >= 11 is 1.19. The van der Waals surface area contributed by atoms with Gasteiger partial charge >= 0.3 is 11.9 Å². The van der Waals surface area contributed by atoms with Gasteiger partial charge in [-0.15, -0.1) is 11.8 Å². The molecule has 5 rings (SSSR count). The molecule has 0 saturated carbocycles. The SMILES string of the molecule is C[C@H]1CNCCN1c1nc(=O)n2c3c(c(-c4ccc(F)cc4F)c(C(F)(F)F)cc13)S[C@H](CN(C)C)C2. The number of benzene rings is 2. The third kappa shape index (κ3) is 4.70. The maximum Gasteiger partial charge on any atom is 0.417 e. The number of piperazine rings is 1. The number of thioether (sulfide) groups is 1. The summed E-state index contributed by atoms with van der Waals surface area (Å²) in [4.78, 5) is 21.5. The first-order chi connectivity index (χ1) is 17.5. The largest absolute Gasteiger partial charge is 0.417 e. The van der Waals surface area contributed by atoms with Crippen molar-refractivity contribution < 1.29 is 22.0 Å². The molecule has 0 amide bonds. The number of nitrogens with zero attached hydrogens (tertiary/aromatic N) is 4. The van der Waals surface area contributed by atoms with Gasteiger partial charge in [0.15, 0.2) is 0 Å². The van der Waals surface area contributed by atoms with Crippen molar-refractivity contribution >= 4 is 28.5 Å². The minimum Gasteiger partial charge on any atom is -0.351 e. The molecule has 1 fully saturated rings. The number of alkyl halides is 3. The van der Waals surface area contributed by atoms with Crippen LogP contribution in [0.3, 0.4) is 0 Å². The second kappa shape index (κ2) is 9.55. The van der Waals surface area contributed by atoms with Gasteiger partial charge in [-0.1, -0.05) is 0 Å². The van der Waals surface area contributed by atoms with Crippen LogP contribution >= 0.6 is 11.8 Å². The molecule has 1 N–H and O–H groups in total. The number of hydrogen-bond acceptors (Lipinski definition) is 6. The quantitative estimate of drug-likeness (QED) is 0.502. The molecule has 3 heterocycles. The smallest absolute Gasteiger partial charge is 0.351 e. The van der Waals surface area contributed by atoms with Gasteiger partial charge in [0.25, 0.3) is 0 Å². The Balaban J connectivity index is 1.90. The van der Waals surface area contributed by atoms with Crippen molar-refractivity contribution in [3.63, 3.8) is 0 Å². The van der Waals surface area contributed by atoms with E-state index in [2.05, 4.69) is 10.3 Å². The van der Waals surface area contributed by atoms with Crippen LogP contribution in [0.15, 0.2) is 34.0 Å². The highest BCUT2D eigenvalue weighted by Gasteiger charge is 2.40. The predicted octanol–water partition coefficient (Wildman–Crippen LogP) is 4.19. The summed E-state index contributed by atoms with van der Waals surface area (Å²) in [6.07, 6.45) is -4.84. The number of anilines is 1. The zero-order valence-corrected chi connectivity index (χ0v) is 21.3. The number of halogens is 5. The van der Waals surface area contributed by atoms with Crippen LogP contribution in [0, 0.1) is 11.6 Å². The maximum atomic E-state index is 15.0. The van der Waals surface area contributed by atoms with Crippen molar-refractivity contribution in [2.75, 3.05) is 45.2 Å². The lowest BCUT2D eigenvalue weighted by Crippen LogP contribution is -2.51. The standard InChI is InChI=1S/C25H26F5N5OS/c1-13-10-31-6-7-34(13)23-17-9-18(25(28,29)30)20(16-5-4-14(26)8-19(16)27)22-21(17)35(24(36)32-23)12-15(37-22)11-33(2)3/h4-5,8-9,13,15,31H,6-7,10-12H2,1-3H3/t13-,15+/m0/s1. The van der Waals surface area contributed by atoms with E-state index in [0.29, 0.717) is 37.8 Å². The topological polar surface area (TPSA) is 53.4 Å². The third-order valence-corrected chi connectivity index (χ3v) is 7.98. The van der Waals surface area contributed by atoms with Crippen LogP contribution in [0.4, 0.5) is 27.8 Å². The van der Waals surface area contributed by atoms with Crippen LogP contribution in [0.2, 0.25) is 0 Å². The fourth-order valence-electron chi connectivity index (χ4n) is 5.14. The summed E-state index contributed by atoms with van der Waals surface area (Å²) < 4.78 is 74.0. The molecular formula is C25H26F5N5OS. The normalized spacial score (nSPS) is 20.2. The molecule has 2 atom stereocenters. The Morgan fingerprint density at radius 3 is 2.62 bits per heavy atom. The number of rotatable bonds is 4. The van der Waals surface area contributed by atoms with Crippen molar-refractivity contribution in [2.45, 2.75) is 35.8 Å². The summed E-state index contributed by atoms with van der Waals surface area (Å²) in [5.74, 6) is -1.80. The molecule has 198 valence electrons. The first-order valence-electron chi connectivity index (χ1n) is 11.9. The van der Waals surface area contributed by atoms with Crippen LogP contribution in [0.1, 0.15) is 12.5 Å². The molecule has 0 unspecified atom stereocenters. The number of hydrogen-bond donors (Lipinski definition) is 1. The first kappa shape index (κ1) is 25.9. The molecular weight excluding hydrogens is 513 g/mol. The molecule has 12 heteroatoms. The average Bonchev–Trinajstić information content (AvgIpc) is 2.80. The van der Waals surface area contributed by atoms with E-state index in [1.54, 1.807) is 0 Å². The van der Waals surface area contributed by atoms with E-state index in [-0.39, 0.29) is 45.1 Å². The van der Waals surface area contributed by atoms with Gasteiger partial charge in [0.1, 0.15) is 17.5 Å². The highest BCUT2D eigenvalue weighted by molar-refractivity contribution is 8.00. The fraction of sp³-hybridized carbons (Fsp3) is 0.440. The van der Waals surface area contributed by atoms with Crippen molar-refractivity contribution in [3.8, 4) is 11.1 Å². The molecule has 37 heavy (non-hydrogen) atoms. The Morgan fingerprint density at radius 1 is 1.22 bits per heavy atom. The van der Waals surface area contributed by atoms with Crippen LogP contribution in [0.25, 0.3) is 22.0 Å². The Morgan fingerprint density at radius 2 is 1.97 bits per heavy atom.